The summed E-state index contributed by atoms with van der Waals surface area (Å²) >= 11 is 0. The smallest absolute Gasteiger partial charge is 0.335 e. The molecule has 138 valence electrons. The van der Waals surface area contributed by atoms with Crippen molar-refractivity contribution in [1.29, 1.82) is 0 Å². The number of anilines is 1. The van der Waals surface area contributed by atoms with E-state index in [1.165, 1.54) is 17.8 Å². The Morgan fingerprint density at radius 1 is 0.962 bits per heavy atom. The maximum atomic E-state index is 11.8. The third-order valence-corrected chi connectivity index (χ3v) is 4.06. The summed E-state index contributed by atoms with van der Waals surface area (Å²) in [6.07, 6.45) is 1.89. The lowest BCUT2D eigenvalue weighted by molar-refractivity contribution is 0.0697. The molecular formula is C20H25N3O3. The minimum atomic E-state index is -0.958. The Hall–Kier alpha value is -3.02. The normalized spacial score (nSPS) is 10.2. The number of unbranched alkanes of at least 4 members (excludes halogenated alkanes) is 1. The van der Waals surface area contributed by atoms with Crippen molar-refractivity contribution in [3.8, 4) is 0 Å². The van der Waals surface area contributed by atoms with E-state index in [1.807, 2.05) is 18.2 Å². The van der Waals surface area contributed by atoms with E-state index in [1.54, 1.807) is 12.1 Å². The van der Waals surface area contributed by atoms with Crippen LogP contribution in [0.15, 0.2) is 54.6 Å². The van der Waals surface area contributed by atoms with E-state index in [4.69, 9.17) is 5.11 Å². The fourth-order valence-electron chi connectivity index (χ4n) is 2.50. The summed E-state index contributed by atoms with van der Waals surface area (Å²) in [5.41, 5.74) is 2.28. The van der Waals surface area contributed by atoms with Gasteiger partial charge in [-0.2, -0.15) is 0 Å². The molecule has 2 amide bonds. The van der Waals surface area contributed by atoms with E-state index in [0.717, 1.165) is 24.9 Å². The van der Waals surface area contributed by atoms with Crippen molar-refractivity contribution >= 4 is 17.7 Å². The summed E-state index contributed by atoms with van der Waals surface area (Å²) in [7, 11) is 2.06. The lowest BCUT2D eigenvalue weighted by atomic mass is 10.1. The van der Waals surface area contributed by atoms with Gasteiger partial charge in [0.25, 0.3) is 0 Å². The Balaban J connectivity index is 1.58. The molecule has 0 heterocycles. The number of carbonyl (C=O) groups excluding carboxylic acids is 1. The first-order chi connectivity index (χ1) is 12.6. The first-order valence-electron chi connectivity index (χ1n) is 8.66. The Labute approximate surface area is 153 Å². The third-order valence-electron chi connectivity index (χ3n) is 4.06. The lowest BCUT2D eigenvalue weighted by Crippen LogP contribution is -2.35. The van der Waals surface area contributed by atoms with Gasteiger partial charge < -0.3 is 20.6 Å². The molecule has 2 aromatic carbocycles. The first kappa shape index (κ1) is 19.3. The minimum absolute atomic E-state index is 0.219. The lowest BCUT2D eigenvalue weighted by Gasteiger charge is -2.19. The fourth-order valence-corrected chi connectivity index (χ4v) is 2.50. The van der Waals surface area contributed by atoms with Crippen LogP contribution in [0.5, 0.6) is 0 Å². The topological polar surface area (TPSA) is 81.7 Å². The van der Waals surface area contributed by atoms with Gasteiger partial charge >= 0.3 is 12.0 Å². The largest absolute Gasteiger partial charge is 0.478 e. The maximum Gasteiger partial charge on any atom is 0.335 e. The summed E-state index contributed by atoms with van der Waals surface area (Å²) in [6, 6.07) is 16.4. The van der Waals surface area contributed by atoms with Crippen molar-refractivity contribution in [3.05, 3.63) is 65.7 Å². The number of nitrogens with zero attached hydrogens (tertiary/aromatic N) is 1. The van der Waals surface area contributed by atoms with Crippen molar-refractivity contribution < 1.29 is 14.7 Å². The highest BCUT2D eigenvalue weighted by Gasteiger charge is 2.04. The number of rotatable bonds is 9. The van der Waals surface area contributed by atoms with Crippen molar-refractivity contribution in [1.82, 2.24) is 10.6 Å². The van der Waals surface area contributed by atoms with Gasteiger partial charge in [0.1, 0.15) is 0 Å². The predicted octanol–water partition coefficient (Wildman–Crippen LogP) is 3.10. The first-order valence-corrected chi connectivity index (χ1v) is 8.66. The molecular weight excluding hydrogens is 330 g/mol. The molecule has 0 aliphatic heterocycles. The summed E-state index contributed by atoms with van der Waals surface area (Å²) in [6.45, 7) is 1.91. The van der Waals surface area contributed by atoms with Crippen LogP contribution in [0.2, 0.25) is 0 Å². The second kappa shape index (κ2) is 10.1. The van der Waals surface area contributed by atoms with Crippen molar-refractivity contribution in [3.63, 3.8) is 0 Å². The number of aromatic carboxylic acids is 1. The SMILES string of the molecule is CN(CCCCNC(=O)NCc1ccc(C(=O)O)cc1)c1ccccc1. The van der Waals surface area contributed by atoms with Crippen LogP contribution in [-0.2, 0) is 6.54 Å². The van der Waals surface area contributed by atoms with Crippen LogP contribution in [0.25, 0.3) is 0 Å². The van der Waals surface area contributed by atoms with Gasteiger partial charge in [-0.15, -0.1) is 0 Å². The number of hydrogen-bond donors (Lipinski definition) is 3. The standard InChI is InChI=1S/C20H25N3O3/c1-23(18-7-3-2-4-8-18)14-6-5-13-21-20(26)22-15-16-9-11-17(12-10-16)19(24)25/h2-4,7-12H,5-6,13-15H2,1H3,(H,24,25)(H2,21,22,26). The third kappa shape index (κ3) is 6.47. The highest BCUT2D eigenvalue weighted by molar-refractivity contribution is 5.87. The summed E-state index contributed by atoms with van der Waals surface area (Å²) < 4.78 is 0. The quantitative estimate of drug-likeness (QED) is 0.604. The van der Waals surface area contributed by atoms with Gasteiger partial charge in [-0.1, -0.05) is 30.3 Å². The molecule has 0 aliphatic rings. The van der Waals surface area contributed by atoms with Crippen LogP contribution >= 0.6 is 0 Å². The molecule has 0 atom stereocenters. The Morgan fingerprint density at radius 2 is 1.65 bits per heavy atom. The van der Waals surface area contributed by atoms with Gasteiger partial charge in [0.15, 0.2) is 0 Å². The molecule has 0 saturated carbocycles. The van der Waals surface area contributed by atoms with Crippen LogP contribution < -0.4 is 15.5 Å². The molecule has 3 N–H and O–H groups in total. The zero-order valence-corrected chi connectivity index (χ0v) is 14.9. The van der Waals surface area contributed by atoms with Crippen LogP contribution in [0, 0.1) is 0 Å². The molecule has 2 aromatic rings. The number of carbonyl (C=O) groups is 2. The molecule has 2 rings (SSSR count). The molecule has 0 saturated heterocycles. The van der Waals surface area contributed by atoms with Gasteiger partial charge in [0.2, 0.25) is 0 Å². The molecule has 0 unspecified atom stereocenters. The zero-order valence-electron chi connectivity index (χ0n) is 14.9. The van der Waals surface area contributed by atoms with Crippen molar-refractivity contribution in [2.45, 2.75) is 19.4 Å². The Morgan fingerprint density at radius 3 is 2.31 bits per heavy atom. The molecule has 0 spiro atoms. The molecule has 0 fully saturated rings. The number of carboxylic acid groups (broad SMARTS) is 1. The average Bonchev–Trinajstić information content (AvgIpc) is 2.67. The molecule has 6 nitrogen and oxygen atoms in total. The fraction of sp³-hybridized carbons (Fsp3) is 0.300. The number of amides is 2. The van der Waals surface area contributed by atoms with Gasteiger partial charge in [-0.25, -0.2) is 9.59 Å². The summed E-state index contributed by atoms with van der Waals surface area (Å²) in [5, 5.41) is 14.4. The van der Waals surface area contributed by atoms with E-state index in [0.29, 0.717) is 13.1 Å². The highest BCUT2D eigenvalue weighted by atomic mass is 16.4. The number of hydrogen-bond acceptors (Lipinski definition) is 3. The van der Waals surface area contributed by atoms with Gasteiger partial charge in [-0.3, -0.25) is 0 Å². The molecule has 0 bridgehead atoms. The van der Waals surface area contributed by atoms with E-state index in [9.17, 15) is 9.59 Å². The molecule has 26 heavy (non-hydrogen) atoms. The van der Waals surface area contributed by atoms with Gasteiger partial charge in [-0.05, 0) is 42.7 Å². The van der Waals surface area contributed by atoms with E-state index in [-0.39, 0.29) is 11.6 Å². The number of urea groups is 1. The van der Waals surface area contributed by atoms with Crippen LogP contribution in [0.4, 0.5) is 10.5 Å². The Kier molecular flexibility index (Phi) is 7.49. The molecule has 0 aromatic heterocycles. The Bertz CT molecular complexity index is 702. The molecule has 0 radical (unpaired) electrons. The second-order valence-electron chi connectivity index (χ2n) is 6.08. The maximum absolute atomic E-state index is 11.8. The zero-order chi connectivity index (χ0) is 18.8. The summed E-state index contributed by atoms with van der Waals surface area (Å²) in [4.78, 5) is 24.8. The minimum Gasteiger partial charge on any atom is -0.478 e. The van der Waals surface area contributed by atoms with Crippen molar-refractivity contribution in [2.24, 2.45) is 0 Å². The number of carboxylic acids is 1. The highest BCUT2D eigenvalue weighted by Crippen LogP contribution is 2.11. The number of nitrogens with one attached hydrogen (secondary N) is 2. The van der Waals surface area contributed by atoms with Crippen LogP contribution in [-0.4, -0.2) is 37.2 Å². The number of para-hydroxylation sites is 1. The van der Waals surface area contributed by atoms with E-state index in [2.05, 4.69) is 34.7 Å². The predicted molar refractivity (Wildman–Crippen MR) is 103 cm³/mol. The summed E-state index contributed by atoms with van der Waals surface area (Å²) in [5.74, 6) is -0.958. The van der Waals surface area contributed by atoms with E-state index < -0.39 is 5.97 Å². The van der Waals surface area contributed by atoms with Gasteiger partial charge in [0, 0.05) is 32.4 Å². The van der Waals surface area contributed by atoms with Crippen LogP contribution in [0.1, 0.15) is 28.8 Å². The van der Waals surface area contributed by atoms with Crippen LogP contribution in [0.3, 0.4) is 0 Å². The van der Waals surface area contributed by atoms with Crippen molar-refractivity contribution in [2.75, 3.05) is 25.0 Å². The monoisotopic (exact) mass is 355 g/mol. The second-order valence-corrected chi connectivity index (χ2v) is 6.08. The molecule has 0 aliphatic carbocycles. The number of benzene rings is 2. The van der Waals surface area contributed by atoms with E-state index >= 15 is 0 Å². The molecule has 6 heteroatoms. The van der Waals surface area contributed by atoms with Gasteiger partial charge in [0.05, 0.1) is 5.56 Å². The average molecular weight is 355 g/mol.